The Kier molecular flexibility index (Phi) is 3.79. The standard InChI is InChI=1S/C12H13FN4O3S/c1-7-5-11(17(2)16-7)12(18)15-10-6-8(21(14,19)20)3-4-9(10)13/h3-6H,1-2H3,(H,15,18)(H2,14,19,20). The summed E-state index contributed by atoms with van der Waals surface area (Å²) >= 11 is 0. The number of nitrogens with two attached hydrogens (primary N) is 1. The number of nitrogens with zero attached hydrogens (tertiary/aromatic N) is 2. The maximum atomic E-state index is 13.7. The van der Waals surface area contributed by atoms with Crippen LogP contribution < -0.4 is 10.5 Å². The van der Waals surface area contributed by atoms with E-state index in [1.807, 2.05) is 0 Å². The maximum absolute atomic E-state index is 13.7. The van der Waals surface area contributed by atoms with Crippen molar-refractivity contribution in [2.24, 2.45) is 12.2 Å². The predicted molar refractivity (Wildman–Crippen MR) is 73.7 cm³/mol. The van der Waals surface area contributed by atoms with Crippen LogP contribution in [0.5, 0.6) is 0 Å². The van der Waals surface area contributed by atoms with Crippen molar-refractivity contribution in [3.8, 4) is 0 Å². The van der Waals surface area contributed by atoms with E-state index in [-0.39, 0.29) is 16.3 Å². The number of hydrogen-bond donors (Lipinski definition) is 2. The van der Waals surface area contributed by atoms with E-state index < -0.39 is 21.7 Å². The van der Waals surface area contributed by atoms with Crippen LogP contribution >= 0.6 is 0 Å². The summed E-state index contributed by atoms with van der Waals surface area (Å²) in [6.07, 6.45) is 0. The minimum atomic E-state index is -3.98. The summed E-state index contributed by atoms with van der Waals surface area (Å²) in [5.74, 6) is -1.38. The number of nitrogens with one attached hydrogen (secondary N) is 1. The van der Waals surface area contributed by atoms with Gasteiger partial charge in [-0.1, -0.05) is 0 Å². The average molecular weight is 312 g/mol. The van der Waals surface area contributed by atoms with Gasteiger partial charge in [0.05, 0.1) is 16.3 Å². The van der Waals surface area contributed by atoms with Crippen LogP contribution in [0.3, 0.4) is 0 Å². The van der Waals surface area contributed by atoms with Gasteiger partial charge in [-0.05, 0) is 31.2 Å². The fraction of sp³-hybridized carbons (Fsp3) is 0.167. The van der Waals surface area contributed by atoms with E-state index in [4.69, 9.17) is 5.14 Å². The van der Waals surface area contributed by atoms with E-state index in [0.29, 0.717) is 5.69 Å². The summed E-state index contributed by atoms with van der Waals surface area (Å²) in [5.41, 5.74) is 0.569. The summed E-state index contributed by atoms with van der Waals surface area (Å²) in [6.45, 7) is 1.71. The van der Waals surface area contributed by atoms with Crippen molar-refractivity contribution in [1.29, 1.82) is 0 Å². The third kappa shape index (κ3) is 3.26. The second kappa shape index (κ2) is 5.26. The molecule has 0 saturated heterocycles. The van der Waals surface area contributed by atoms with Gasteiger partial charge in [0, 0.05) is 7.05 Å². The highest BCUT2D eigenvalue weighted by Gasteiger charge is 2.16. The number of benzene rings is 1. The minimum Gasteiger partial charge on any atom is -0.318 e. The third-order valence-corrected chi connectivity index (χ3v) is 3.66. The van der Waals surface area contributed by atoms with Gasteiger partial charge >= 0.3 is 0 Å². The first-order valence-corrected chi connectivity index (χ1v) is 7.37. The summed E-state index contributed by atoms with van der Waals surface area (Å²) in [4.78, 5) is 11.8. The number of primary sulfonamides is 1. The molecule has 2 rings (SSSR count). The van der Waals surface area contributed by atoms with Crippen LogP contribution in [0, 0.1) is 12.7 Å². The van der Waals surface area contributed by atoms with Crippen LogP contribution in [0.15, 0.2) is 29.2 Å². The molecule has 0 unspecified atom stereocenters. The van der Waals surface area contributed by atoms with Crippen LogP contribution in [0.2, 0.25) is 0 Å². The first-order chi connectivity index (χ1) is 9.68. The van der Waals surface area contributed by atoms with Gasteiger partial charge < -0.3 is 5.32 Å². The Bertz CT molecular complexity index is 814. The molecule has 0 aliphatic rings. The monoisotopic (exact) mass is 312 g/mol. The first kappa shape index (κ1) is 15.1. The molecule has 3 N–H and O–H groups in total. The Balaban J connectivity index is 2.35. The van der Waals surface area contributed by atoms with Gasteiger partial charge in [0.2, 0.25) is 10.0 Å². The van der Waals surface area contributed by atoms with E-state index >= 15 is 0 Å². The fourth-order valence-electron chi connectivity index (χ4n) is 1.79. The highest BCUT2D eigenvalue weighted by atomic mass is 32.2. The van der Waals surface area contributed by atoms with Gasteiger partial charge in [-0.3, -0.25) is 9.48 Å². The molecule has 0 atom stereocenters. The van der Waals surface area contributed by atoms with Crippen molar-refractivity contribution in [3.63, 3.8) is 0 Å². The zero-order valence-corrected chi connectivity index (χ0v) is 12.1. The molecule has 112 valence electrons. The van der Waals surface area contributed by atoms with E-state index in [9.17, 15) is 17.6 Å². The van der Waals surface area contributed by atoms with Gasteiger partial charge in [0.1, 0.15) is 11.5 Å². The highest BCUT2D eigenvalue weighted by Crippen LogP contribution is 2.19. The Morgan fingerprint density at radius 1 is 1.38 bits per heavy atom. The van der Waals surface area contributed by atoms with Gasteiger partial charge in [0.25, 0.3) is 5.91 Å². The lowest BCUT2D eigenvalue weighted by molar-refractivity contribution is 0.101. The maximum Gasteiger partial charge on any atom is 0.274 e. The van der Waals surface area contributed by atoms with Crippen LogP contribution in [-0.2, 0) is 17.1 Å². The van der Waals surface area contributed by atoms with Crippen molar-refractivity contribution in [1.82, 2.24) is 9.78 Å². The molecule has 1 heterocycles. The zero-order chi connectivity index (χ0) is 15.8. The number of hydrogen-bond acceptors (Lipinski definition) is 4. The highest BCUT2D eigenvalue weighted by molar-refractivity contribution is 7.89. The molecule has 0 radical (unpaired) electrons. The molecule has 1 aromatic heterocycles. The zero-order valence-electron chi connectivity index (χ0n) is 11.3. The number of aryl methyl sites for hydroxylation is 2. The van der Waals surface area contributed by atoms with Crippen molar-refractivity contribution in [2.75, 3.05) is 5.32 Å². The van der Waals surface area contributed by atoms with Crippen molar-refractivity contribution < 1.29 is 17.6 Å². The molecule has 1 aromatic carbocycles. The molecule has 7 nitrogen and oxygen atoms in total. The van der Waals surface area contributed by atoms with E-state index in [0.717, 1.165) is 18.2 Å². The van der Waals surface area contributed by atoms with Crippen LogP contribution in [-0.4, -0.2) is 24.1 Å². The average Bonchev–Trinajstić information content (AvgIpc) is 2.70. The lowest BCUT2D eigenvalue weighted by Gasteiger charge is -2.08. The molecule has 0 fully saturated rings. The number of amides is 1. The number of sulfonamides is 1. The Labute approximate surface area is 120 Å². The first-order valence-electron chi connectivity index (χ1n) is 5.83. The second-order valence-corrected chi connectivity index (χ2v) is 6.00. The van der Waals surface area contributed by atoms with E-state index in [2.05, 4.69) is 10.4 Å². The molecule has 0 aliphatic heterocycles. The molecule has 21 heavy (non-hydrogen) atoms. The van der Waals surface area contributed by atoms with E-state index in [1.54, 1.807) is 14.0 Å². The number of anilines is 1. The number of halogens is 1. The molecule has 0 saturated carbocycles. The number of aromatic nitrogens is 2. The van der Waals surface area contributed by atoms with Gasteiger partial charge in [-0.2, -0.15) is 5.10 Å². The van der Waals surface area contributed by atoms with E-state index in [1.165, 1.54) is 10.7 Å². The number of carbonyl (C=O) groups excluding carboxylic acids is 1. The number of rotatable bonds is 3. The Morgan fingerprint density at radius 3 is 2.57 bits per heavy atom. The smallest absolute Gasteiger partial charge is 0.274 e. The fourth-order valence-corrected chi connectivity index (χ4v) is 2.33. The van der Waals surface area contributed by atoms with Crippen molar-refractivity contribution >= 4 is 21.6 Å². The Hall–Kier alpha value is -2.26. The lowest BCUT2D eigenvalue weighted by Crippen LogP contribution is -2.18. The SMILES string of the molecule is Cc1cc(C(=O)Nc2cc(S(N)(=O)=O)ccc2F)n(C)n1. The molecular weight excluding hydrogens is 299 g/mol. The van der Waals surface area contributed by atoms with Crippen molar-refractivity contribution in [2.45, 2.75) is 11.8 Å². The third-order valence-electron chi connectivity index (χ3n) is 2.75. The summed E-state index contributed by atoms with van der Waals surface area (Å²) < 4.78 is 37.5. The molecular formula is C12H13FN4O3S. The predicted octanol–water partition coefficient (Wildman–Crippen LogP) is 0.767. The molecule has 0 bridgehead atoms. The number of carbonyl (C=O) groups is 1. The summed E-state index contributed by atoms with van der Waals surface area (Å²) in [5, 5.41) is 11.3. The molecule has 0 aliphatic carbocycles. The van der Waals surface area contributed by atoms with Crippen LogP contribution in [0.4, 0.5) is 10.1 Å². The van der Waals surface area contributed by atoms with Crippen LogP contribution in [0.1, 0.15) is 16.2 Å². The largest absolute Gasteiger partial charge is 0.318 e. The van der Waals surface area contributed by atoms with Gasteiger partial charge in [0.15, 0.2) is 0 Å². The summed E-state index contributed by atoms with van der Waals surface area (Å²) in [6, 6.07) is 4.43. The normalized spacial score (nSPS) is 11.4. The minimum absolute atomic E-state index is 0.216. The lowest BCUT2D eigenvalue weighted by atomic mass is 10.3. The van der Waals surface area contributed by atoms with Crippen LogP contribution in [0.25, 0.3) is 0 Å². The molecule has 2 aromatic rings. The Morgan fingerprint density at radius 2 is 2.05 bits per heavy atom. The van der Waals surface area contributed by atoms with Gasteiger partial charge in [-0.15, -0.1) is 0 Å². The second-order valence-electron chi connectivity index (χ2n) is 4.44. The van der Waals surface area contributed by atoms with Crippen molar-refractivity contribution in [3.05, 3.63) is 41.5 Å². The van der Waals surface area contributed by atoms with Gasteiger partial charge in [-0.25, -0.2) is 17.9 Å². The topological polar surface area (TPSA) is 107 Å². The molecule has 9 heteroatoms. The quantitative estimate of drug-likeness (QED) is 0.872. The molecule has 1 amide bonds. The summed E-state index contributed by atoms with van der Waals surface area (Å²) in [7, 11) is -2.41. The molecule has 0 spiro atoms.